The molecule has 0 saturated heterocycles. The molecule has 0 amide bonds. The Bertz CT molecular complexity index is 1360. The maximum atomic E-state index is 14.7. The summed E-state index contributed by atoms with van der Waals surface area (Å²) in [7, 11) is 0. The summed E-state index contributed by atoms with van der Waals surface area (Å²) in [5.41, 5.74) is 1.91. The van der Waals surface area contributed by atoms with Crippen LogP contribution in [0.5, 0.6) is 0 Å². The highest BCUT2D eigenvalue weighted by Gasteiger charge is 2.19. The maximum absolute atomic E-state index is 14.7. The average molecular weight is 465 g/mol. The zero-order valence-electron chi connectivity index (χ0n) is 16.4. The molecule has 0 aliphatic rings. The van der Waals surface area contributed by atoms with Gasteiger partial charge in [-0.2, -0.15) is 4.98 Å². The first-order valence-electron chi connectivity index (χ1n) is 9.51. The fraction of sp³-hybridized carbons (Fsp3) is 0.0455. The third kappa shape index (κ3) is 4.12. The van der Waals surface area contributed by atoms with Crippen LogP contribution in [-0.2, 0) is 5.75 Å². The Morgan fingerprint density at radius 1 is 0.938 bits per heavy atom. The molecule has 0 spiro atoms. The molecule has 0 unspecified atom stereocenters. The van der Waals surface area contributed by atoms with E-state index in [1.165, 1.54) is 17.8 Å². The first-order chi connectivity index (χ1) is 15.7. The van der Waals surface area contributed by atoms with Gasteiger partial charge in [-0.15, -0.1) is 10.2 Å². The number of hydrogen-bond acceptors (Lipinski definition) is 7. The molecular formula is C22H14ClFN6OS. The topological polar surface area (TPSA) is 82.5 Å². The fourth-order valence-corrected chi connectivity index (χ4v) is 3.97. The molecule has 0 atom stereocenters. The minimum absolute atomic E-state index is 0.337. The molecule has 0 fully saturated rings. The highest BCUT2D eigenvalue weighted by atomic mass is 35.5. The first kappa shape index (κ1) is 20.3. The summed E-state index contributed by atoms with van der Waals surface area (Å²) in [5.74, 6) is 1.34. The van der Waals surface area contributed by atoms with Crippen LogP contribution in [0.3, 0.4) is 0 Å². The van der Waals surface area contributed by atoms with Crippen molar-refractivity contribution in [2.75, 3.05) is 0 Å². The van der Waals surface area contributed by atoms with Gasteiger partial charge < -0.3 is 4.52 Å². The van der Waals surface area contributed by atoms with Gasteiger partial charge in [-0.25, -0.2) is 4.39 Å². The second-order valence-corrected chi connectivity index (χ2v) is 8.02. The molecule has 0 radical (unpaired) electrons. The Morgan fingerprint density at radius 3 is 2.50 bits per heavy atom. The molecule has 158 valence electrons. The van der Waals surface area contributed by atoms with Crippen LogP contribution in [0.1, 0.15) is 5.89 Å². The summed E-state index contributed by atoms with van der Waals surface area (Å²) in [4.78, 5) is 8.46. The number of benzene rings is 2. The van der Waals surface area contributed by atoms with Crippen LogP contribution in [0.4, 0.5) is 4.39 Å². The number of rotatable bonds is 6. The van der Waals surface area contributed by atoms with Crippen molar-refractivity contribution in [1.82, 2.24) is 29.9 Å². The van der Waals surface area contributed by atoms with E-state index in [0.717, 1.165) is 11.1 Å². The Morgan fingerprint density at radius 2 is 1.72 bits per heavy atom. The lowest BCUT2D eigenvalue weighted by Crippen LogP contribution is -2.02. The highest BCUT2D eigenvalue weighted by Crippen LogP contribution is 2.30. The lowest BCUT2D eigenvalue weighted by Gasteiger charge is -2.10. The van der Waals surface area contributed by atoms with Crippen molar-refractivity contribution in [3.05, 3.63) is 89.8 Å². The molecule has 5 rings (SSSR count). The lowest BCUT2D eigenvalue weighted by molar-refractivity contribution is 0.391. The first-order valence-corrected chi connectivity index (χ1v) is 10.9. The Labute approximate surface area is 191 Å². The van der Waals surface area contributed by atoms with Crippen LogP contribution >= 0.6 is 23.4 Å². The van der Waals surface area contributed by atoms with Crippen molar-refractivity contribution in [2.24, 2.45) is 0 Å². The standard InChI is InChI=1S/C22H14ClFN6OS/c23-16-7-5-14(6-8-16)20-26-19(31-29-20)13-32-22-28-27-21(15-9-11-25-12-10-15)30(22)18-4-2-1-3-17(18)24/h1-12H,13H2. The largest absolute Gasteiger partial charge is 0.338 e. The highest BCUT2D eigenvalue weighted by molar-refractivity contribution is 7.98. The zero-order chi connectivity index (χ0) is 21.9. The molecular weight excluding hydrogens is 451 g/mol. The van der Waals surface area contributed by atoms with Crippen LogP contribution in [0, 0.1) is 5.82 Å². The Hall–Kier alpha value is -3.56. The lowest BCUT2D eigenvalue weighted by atomic mass is 10.2. The van der Waals surface area contributed by atoms with Gasteiger partial charge >= 0.3 is 0 Å². The van der Waals surface area contributed by atoms with Gasteiger partial charge in [0.15, 0.2) is 11.0 Å². The van der Waals surface area contributed by atoms with E-state index in [1.54, 1.807) is 59.4 Å². The summed E-state index contributed by atoms with van der Waals surface area (Å²) in [6.07, 6.45) is 3.30. The van der Waals surface area contributed by atoms with Crippen LogP contribution in [-0.4, -0.2) is 29.9 Å². The number of thioether (sulfide) groups is 1. The maximum Gasteiger partial charge on any atom is 0.237 e. The molecule has 0 saturated carbocycles. The van der Waals surface area contributed by atoms with E-state index in [9.17, 15) is 4.39 Å². The van der Waals surface area contributed by atoms with Crippen LogP contribution in [0.15, 0.2) is 82.7 Å². The average Bonchev–Trinajstić information content (AvgIpc) is 3.46. The molecule has 2 aromatic carbocycles. The molecule has 0 aliphatic heterocycles. The van der Waals surface area contributed by atoms with E-state index in [0.29, 0.717) is 39.2 Å². The van der Waals surface area contributed by atoms with E-state index < -0.39 is 0 Å². The quantitative estimate of drug-likeness (QED) is 0.308. The number of pyridine rings is 1. The minimum Gasteiger partial charge on any atom is -0.338 e. The Kier molecular flexibility index (Phi) is 5.66. The van der Waals surface area contributed by atoms with Gasteiger partial charge in [0.25, 0.3) is 0 Å². The molecule has 0 aliphatic carbocycles. The van der Waals surface area contributed by atoms with Crippen LogP contribution in [0.25, 0.3) is 28.5 Å². The van der Waals surface area contributed by atoms with Gasteiger partial charge in [0, 0.05) is 28.5 Å². The van der Waals surface area contributed by atoms with Crippen LogP contribution < -0.4 is 0 Å². The predicted molar refractivity (Wildman–Crippen MR) is 119 cm³/mol. The Balaban J connectivity index is 1.45. The summed E-state index contributed by atoms with van der Waals surface area (Å²) in [6.45, 7) is 0. The molecule has 5 aromatic rings. The molecule has 3 heterocycles. The van der Waals surface area contributed by atoms with Crippen molar-refractivity contribution in [3.8, 4) is 28.5 Å². The second-order valence-electron chi connectivity index (χ2n) is 6.64. The second kappa shape index (κ2) is 8.89. The summed E-state index contributed by atoms with van der Waals surface area (Å²) >= 11 is 7.25. The van der Waals surface area contributed by atoms with Crippen molar-refractivity contribution in [3.63, 3.8) is 0 Å². The van der Waals surface area contributed by atoms with Crippen molar-refractivity contribution in [2.45, 2.75) is 10.9 Å². The smallest absolute Gasteiger partial charge is 0.237 e. The van der Waals surface area contributed by atoms with Gasteiger partial charge in [0.05, 0.1) is 11.4 Å². The molecule has 7 nitrogen and oxygen atoms in total. The van der Waals surface area contributed by atoms with Crippen molar-refractivity contribution >= 4 is 23.4 Å². The number of nitrogens with zero attached hydrogens (tertiary/aromatic N) is 6. The molecule has 0 bridgehead atoms. The van der Waals surface area contributed by atoms with E-state index in [-0.39, 0.29) is 5.82 Å². The van der Waals surface area contributed by atoms with Gasteiger partial charge in [-0.3, -0.25) is 9.55 Å². The van der Waals surface area contributed by atoms with Gasteiger partial charge in [-0.1, -0.05) is 40.7 Å². The fourth-order valence-electron chi connectivity index (χ4n) is 3.06. The summed E-state index contributed by atoms with van der Waals surface area (Å²) < 4.78 is 21.7. The number of aromatic nitrogens is 6. The predicted octanol–water partition coefficient (Wildman–Crippen LogP) is 5.46. The number of hydrogen-bond donors (Lipinski definition) is 0. The van der Waals surface area contributed by atoms with E-state index in [1.807, 2.05) is 12.1 Å². The van der Waals surface area contributed by atoms with E-state index in [4.69, 9.17) is 16.1 Å². The summed E-state index contributed by atoms with van der Waals surface area (Å²) in [6, 6.07) is 17.2. The molecule has 0 N–H and O–H groups in total. The third-order valence-corrected chi connectivity index (χ3v) is 5.73. The molecule has 32 heavy (non-hydrogen) atoms. The minimum atomic E-state index is -0.382. The third-order valence-electron chi connectivity index (χ3n) is 4.56. The van der Waals surface area contributed by atoms with Crippen LogP contribution in [0.2, 0.25) is 5.02 Å². The molecule has 3 aromatic heterocycles. The van der Waals surface area contributed by atoms with Gasteiger partial charge in [0.2, 0.25) is 11.7 Å². The number of halogens is 2. The zero-order valence-corrected chi connectivity index (χ0v) is 18.0. The van der Waals surface area contributed by atoms with Crippen molar-refractivity contribution < 1.29 is 8.91 Å². The number of para-hydroxylation sites is 1. The molecule has 10 heteroatoms. The normalized spacial score (nSPS) is 11.1. The monoisotopic (exact) mass is 464 g/mol. The summed E-state index contributed by atoms with van der Waals surface area (Å²) in [5, 5.41) is 13.7. The van der Waals surface area contributed by atoms with Crippen molar-refractivity contribution in [1.29, 1.82) is 0 Å². The van der Waals surface area contributed by atoms with E-state index in [2.05, 4.69) is 25.3 Å². The SMILES string of the molecule is Fc1ccccc1-n1c(SCc2nc(-c3ccc(Cl)cc3)no2)nnc1-c1ccncc1. The van der Waals surface area contributed by atoms with E-state index >= 15 is 0 Å². The van der Waals surface area contributed by atoms with Gasteiger partial charge in [0.1, 0.15) is 5.82 Å². The van der Waals surface area contributed by atoms with Gasteiger partial charge in [-0.05, 0) is 48.5 Å².